The topological polar surface area (TPSA) is 43.3 Å². The Morgan fingerprint density at radius 2 is 1.64 bits per heavy atom. The molecule has 0 spiro atoms. The van der Waals surface area contributed by atoms with Crippen LogP contribution >= 0.6 is 0 Å². The van der Waals surface area contributed by atoms with E-state index in [1.54, 1.807) is 24.3 Å². The Morgan fingerprint density at radius 1 is 1.14 bits per heavy atom. The van der Waals surface area contributed by atoms with E-state index in [1.165, 1.54) is 0 Å². The van der Waals surface area contributed by atoms with Gasteiger partial charge in [-0.2, -0.15) is 18.2 Å². The first kappa shape index (κ1) is 12.7. The third kappa shape index (κ3) is 4.65. The quantitative estimate of drug-likeness (QED) is 0.418. The minimum absolute atomic E-state index is 0. The van der Waals surface area contributed by atoms with Crippen molar-refractivity contribution in [3.8, 4) is 0 Å². The zero-order valence-corrected chi connectivity index (χ0v) is 8.51. The van der Waals surface area contributed by atoms with Crippen LogP contribution in [0.3, 0.4) is 0 Å². The third-order valence-corrected chi connectivity index (χ3v) is 1.47. The second-order valence-electron chi connectivity index (χ2n) is 2.44. The van der Waals surface area contributed by atoms with Crippen LogP contribution in [0.1, 0.15) is 0 Å². The SMILES string of the molecule is [Fe].[O-]C(O)=C1C=CC=C1.c1cc[cH-]c1. The van der Waals surface area contributed by atoms with Crippen molar-refractivity contribution < 1.29 is 27.3 Å². The summed E-state index contributed by atoms with van der Waals surface area (Å²) >= 11 is 0. The molecule has 0 atom stereocenters. The van der Waals surface area contributed by atoms with Gasteiger partial charge in [0.2, 0.25) is 0 Å². The second-order valence-corrected chi connectivity index (χ2v) is 2.44. The van der Waals surface area contributed by atoms with E-state index >= 15 is 0 Å². The van der Waals surface area contributed by atoms with E-state index in [0.717, 1.165) is 0 Å². The first-order valence-corrected chi connectivity index (χ1v) is 3.92. The van der Waals surface area contributed by atoms with Gasteiger partial charge in [0.1, 0.15) is 0 Å². The molecule has 76 valence electrons. The molecule has 0 heterocycles. The van der Waals surface area contributed by atoms with Gasteiger partial charge in [-0.25, -0.2) is 12.1 Å². The number of aliphatic hydroxyl groups excluding tert-OH is 1. The molecule has 0 saturated heterocycles. The van der Waals surface area contributed by atoms with Crippen molar-refractivity contribution in [3.63, 3.8) is 0 Å². The molecule has 2 rings (SSSR count). The Hall–Kier alpha value is -1.31. The van der Waals surface area contributed by atoms with Crippen LogP contribution in [0.25, 0.3) is 0 Å². The Bertz CT molecular complexity index is 286. The van der Waals surface area contributed by atoms with Crippen LogP contribution in [0.2, 0.25) is 0 Å². The van der Waals surface area contributed by atoms with Crippen LogP contribution in [0.4, 0.5) is 0 Å². The van der Waals surface area contributed by atoms with E-state index in [4.69, 9.17) is 5.11 Å². The molecule has 0 saturated carbocycles. The zero-order valence-electron chi connectivity index (χ0n) is 7.41. The van der Waals surface area contributed by atoms with E-state index in [9.17, 15) is 5.11 Å². The molecule has 1 N–H and O–H groups in total. The molecule has 0 fully saturated rings. The number of hydrogen-bond acceptors (Lipinski definition) is 2. The van der Waals surface area contributed by atoms with E-state index < -0.39 is 5.95 Å². The van der Waals surface area contributed by atoms with Gasteiger partial charge in [-0.05, 0) is 5.57 Å². The van der Waals surface area contributed by atoms with Gasteiger partial charge >= 0.3 is 0 Å². The van der Waals surface area contributed by atoms with E-state index in [-0.39, 0.29) is 17.1 Å². The molecule has 1 aliphatic rings. The van der Waals surface area contributed by atoms with Crippen LogP contribution in [0.15, 0.2) is 66.2 Å². The maximum atomic E-state index is 10.1. The molecular formula is C11H10FeO2-2. The summed E-state index contributed by atoms with van der Waals surface area (Å²) in [4.78, 5) is 0. The summed E-state index contributed by atoms with van der Waals surface area (Å²) in [5.74, 6) is -0.866. The van der Waals surface area contributed by atoms with Gasteiger partial charge in [0.05, 0.1) is 5.95 Å². The smallest absolute Gasteiger partial charge is 0.0557 e. The molecule has 3 heteroatoms. The van der Waals surface area contributed by atoms with E-state index in [0.29, 0.717) is 5.57 Å². The maximum Gasteiger partial charge on any atom is 0.0557 e. The van der Waals surface area contributed by atoms with Crippen molar-refractivity contribution in [1.29, 1.82) is 0 Å². The molecule has 0 radical (unpaired) electrons. The predicted molar refractivity (Wildman–Crippen MR) is 50.0 cm³/mol. The largest absolute Gasteiger partial charge is 0.629 e. The summed E-state index contributed by atoms with van der Waals surface area (Å²) in [7, 11) is 0. The summed E-state index contributed by atoms with van der Waals surface area (Å²) in [5, 5.41) is 18.3. The van der Waals surface area contributed by atoms with Crippen LogP contribution in [0.5, 0.6) is 0 Å². The van der Waals surface area contributed by atoms with Crippen LogP contribution in [-0.4, -0.2) is 5.11 Å². The molecule has 0 unspecified atom stereocenters. The predicted octanol–water partition coefficient (Wildman–Crippen LogP) is 1.65. The normalized spacial score (nSPS) is 11.6. The van der Waals surface area contributed by atoms with E-state index in [2.05, 4.69) is 0 Å². The second kappa shape index (κ2) is 7.13. The van der Waals surface area contributed by atoms with Crippen molar-refractivity contribution in [2.75, 3.05) is 0 Å². The summed E-state index contributed by atoms with van der Waals surface area (Å²) < 4.78 is 0. The average molecular weight is 230 g/mol. The fourth-order valence-corrected chi connectivity index (χ4v) is 0.837. The summed E-state index contributed by atoms with van der Waals surface area (Å²) in [5.41, 5.74) is 0.352. The summed E-state index contributed by atoms with van der Waals surface area (Å²) in [6, 6.07) is 10.0. The maximum absolute atomic E-state index is 10.1. The molecule has 14 heavy (non-hydrogen) atoms. The average Bonchev–Trinajstić information content (AvgIpc) is 2.82. The molecule has 0 amide bonds. The van der Waals surface area contributed by atoms with Crippen LogP contribution < -0.4 is 5.11 Å². The molecule has 1 aromatic carbocycles. The molecule has 1 aliphatic carbocycles. The molecule has 1 aromatic rings. The van der Waals surface area contributed by atoms with Gasteiger partial charge in [0.25, 0.3) is 0 Å². The summed E-state index contributed by atoms with van der Waals surface area (Å²) in [6.45, 7) is 0. The first-order chi connectivity index (χ1) is 6.30. The Morgan fingerprint density at radius 3 is 1.86 bits per heavy atom. The van der Waals surface area contributed by atoms with Gasteiger partial charge in [-0.1, -0.05) is 24.3 Å². The summed E-state index contributed by atoms with van der Waals surface area (Å²) in [6.07, 6.45) is 6.51. The molecular weight excluding hydrogens is 220 g/mol. The molecule has 0 bridgehead atoms. The van der Waals surface area contributed by atoms with Gasteiger partial charge < -0.3 is 10.2 Å². The Kier molecular flexibility index (Phi) is 6.46. The minimum atomic E-state index is -0.866. The molecule has 0 aliphatic heterocycles. The van der Waals surface area contributed by atoms with Crippen molar-refractivity contribution in [2.24, 2.45) is 0 Å². The third-order valence-electron chi connectivity index (χ3n) is 1.47. The van der Waals surface area contributed by atoms with Crippen molar-refractivity contribution in [2.45, 2.75) is 0 Å². The number of allylic oxidation sites excluding steroid dienone is 5. The standard InChI is InChI=1S/C6H6O2.C5H5.Fe/c7-6(8)5-3-1-2-4-5;1-2-4-5-3-1;/h1-4,7-8H;1-5H;/q;-1;/p-1. The van der Waals surface area contributed by atoms with E-state index in [1.807, 2.05) is 30.3 Å². The molecule has 0 aromatic heterocycles. The fourth-order valence-electron chi connectivity index (χ4n) is 0.837. The zero-order chi connectivity index (χ0) is 9.52. The van der Waals surface area contributed by atoms with Crippen molar-refractivity contribution in [1.82, 2.24) is 0 Å². The monoisotopic (exact) mass is 230 g/mol. The Labute approximate surface area is 93.7 Å². The number of aliphatic hydroxyl groups is 1. The molecule has 2 nitrogen and oxygen atoms in total. The van der Waals surface area contributed by atoms with Crippen molar-refractivity contribution >= 4 is 0 Å². The fraction of sp³-hybridized carbons (Fsp3) is 0. The first-order valence-electron chi connectivity index (χ1n) is 3.92. The van der Waals surface area contributed by atoms with Crippen LogP contribution in [0, 0.1) is 0 Å². The Balaban J connectivity index is 0.000000246. The van der Waals surface area contributed by atoms with Crippen LogP contribution in [-0.2, 0) is 17.1 Å². The number of rotatable bonds is 0. The van der Waals surface area contributed by atoms with Gasteiger partial charge in [-0.15, -0.1) is 0 Å². The minimum Gasteiger partial charge on any atom is -0.629 e. The van der Waals surface area contributed by atoms with Gasteiger partial charge in [0.15, 0.2) is 0 Å². The van der Waals surface area contributed by atoms with Crippen molar-refractivity contribution in [3.05, 3.63) is 66.2 Å². The van der Waals surface area contributed by atoms with Gasteiger partial charge in [0, 0.05) is 17.1 Å². The number of hydrogen-bond donors (Lipinski definition) is 1. The van der Waals surface area contributed by atoms with Gasteiger partial charge in [-0.3, -0.25) is 0 Å².